The van der Waals surface area contributed by atoms with Crippen LogP contribution in [0, 0.1) is 0 Å². The van der Waals surface area contributed by atoms with E-state index in [4.69, 9.17) is 0 Å². The lowest BCUT2D eigenvalue weighted by atomic mass is 10.1. The van der Waals surface area contributed by atoms with Crippen molar-refractivity contribution in [3.05, 3.63) is 18.1 Å². The van der Waals surface area contributed by atoms with Crippen LogP contribution >= 0.6 is 0 Å². The van der Waals surface area contributed by atoms with Gasteiger partial charge in [0.2, 0.25) is 0 Å². The summed E-state index contributed by atoms with van der Waals surface area (Å²) in [5.41, 5.74) is 1.09. The van der Waals surface area contributed by atoms with E-state index in [-0.39, 0.29) is 6.10 Å². The number of rotatable bonds is 3. The highest BCUT2D eigenvalue weighted by atomic mass is 16.3. The maximum atomic E-state index is 9.50. The van der Waals surface area contributed by atoms with E-state index in [0.717, 1.165) is 30.9 Å². The summed E-state index contributed by atoms with van der Waals surface area (Å²) in [6, 6.07) is 2.05. The number of hydrogen-bond donors (Lipinski definition) is 1. The summed E-state index contributed by atoms with van der Waals surface area (Å²) in [5.74, 6) is 1.41. The molecule has 0 spiro atoms. The molecular weight excluding hydrogens is 202 g/mol. The summed E-state index contributed by atoms with van der Waals surface area (Å²) in [7, 11) is 0. The summed E-state index contributed by atoms with van der Waals surface area (Å²) in [6.45, 7) is 5.91. The Morgan fingerprint density at radius 2 is 2.38 bits per heavy atom. The van der Waals surface area contributed by atoms with Crippen LogP contribution in [0.4, 0.5) is 5.82 Å². The summed E-state index contributed by atoms with van der Waals surface area (Å²) < 4.78 is 0. The molecule has 1 aromatic heterocycles. The van der Waals surface area contributed by atoms with Gasteiger partial charge < -0.3 is 10.0 Å². The van der Waals surface area contributed by atoms with Crippen LogP contribution < -0.4 is 4.90 Å². The quantitative estimate of drug-likeness (QED) is 0.841. The van der Waals surface area contributed by atoms with Crippen LogP contribution in [-0.2, 0) is 0 Å². The maximum absolute atomic E-state index is 9.50. The number of aromatic nitrogens is 2. The molecular formula is C12H19N3O. The van der Waals surface area contributed by atoms with Gasteiger partial charge in [-0.05, 0) is 18.8 Å². The van der Waals surface area contributed by atoms with Crippen molar-refractivity contribution < 1.29 is 5.11 Å². The van der Waals surface area contributed by atoms with Gasteiger partial charge in [-0.2, -0.15) is 0 Å². The molecule has 1 saturated heterocycles. The van der Waals surface area contributed by atoms with Gasteiger partial charge in [-0.15, -0.1) is 0 Å². The van der Waals surface area contributed by atoms with Crippen LogP contribution in [0.3, 0.4) is 0 Å². The highest BCUT2D eigenvalue weighted by Gasteiger charge is 2.21. The van der Waals surface area contributed by atoms with Gasteiger partial charge >= 0.3 is 0 Å². The smallest absolute Gasteiger partial charge is 0.132 e. The molecule has 2 unspecified atom stereocenters. The molecule has 16 heavy (non-hydrogen) atoms. The van der Waals surface area contributed by atoms with Crippen molar-refractivity contribution in [3.63, 3.8) is 0 Å². The fourth-order valence-electron chi connectivity index (χ4n) is 1.96. The molecule has 0 radical (unpaired) electrons. The van der Waals surface area contributed by atoms with Crippen LogP contribution in [0.25, 0.3) is 0 Å². The van der Waals surface area contributed by atoms with Gasteiger partial charge in [0.25, 0.3) is 0 Å². The first-order chi connectivity index (χ1) is 7.70. The van der Waals surface area contributed by atoms with Crippen molar-refractivity contribution in [1.29, 1.82) is 0 Å². The van der Waals surface area contributed by atoms with Crippen molar-refractivity contribution in [2.45, 2.75) is 38.7 Å². The molecule has 4 heteroatoms. The highest BCUT2D eigenvalue weighted by Crippen LogP contribution is 2.22. The third-order valence-corrected chi connectivity index (χ3v) is 3.28. The average molecular weight is 221 g/mol. The first-order valence-corrected chi connectivity index (χ1v) is 5.95. The Hall–Kier alpha value is -1.16. The van der Waals surface area contributed by atoms with E-state index in [2.05, 4.69) is 28.7 Å². The number of nitrogens with zero attached hydrogens (tertiary/aromatic N) is 3. The van der Waals surface area contributed by atoms with Gasteiger partial charge in [0.1, 0.15) is 12.1 Å². The number of hydrogen-bond acceptors (Lipinski definition) is 4. The fourth-order valence-corrected chi connectivity index (χ4v) is 1.96. The third-order valence-electron chi connectivity index (χ3n) is 3.28. The molecule has 1 aliphatic heterocycles. The third kappa shape index (κ3) is 2.32. The Kier molecular flexibility index (Phi) is 3.39. The van der Waals surface area contributed by atoms with Crippen molar-refractivity contribution in [2.75, 3.05) is 18.0 Å². The Bertz CT molecular complexity index is 356. The zero-order valence-electron chi connectivity index (χ0n) is 9.93. The fraction of sp³-hybridized carbons (Fsp3) is 0.667. The molecule has 0 aromatic carbocycles. The minimum Gasteiger partial charge on any atom is -0.391 e. The van der Waals surface area contributed by atoms with Crippen molar-refractivity contribution in [1.82, 2.24) is 9.97 Å². The number of aliphatic hydroxyl groups excluding tert-OH is 1. The molecule has 2 atom stereocenters. The van der Waals surface area contributed by atoms with Crippen molar-refractivity contribution >= 4 is 5.82 Å². The van der Waals surface area contributed by atoms with Crippen molar-refractivity contribution in [3.8, 4) is 0 Å². The first kappa shape index (κ1) is 11.3. The van der Waals surface area contributed by atoms with E-state index < -0.39 is 0 Å². The van der Waals surface area contributed by atoms with Gasteiger partial charge in [-0.1, -0.05) is 13.8 Å². The van der Waals surface area contributed by atoms with Gasteiger partial charge in [-0.25, -0.2) is 9.97 Å². The molecule has 2 rings (SSSR count). The second-order valence-electron chi connectivity index (χ2n) is 4.50. The van der Waals surface area contributed by atoms with Crippen LogP contribution in [-0.4, -0.2) is 34.3 Å². The standard InChI is InChI=1S/C12H19N3O/c1-3-9(2)11-6-12(14-8-13-11)15-5-4-10(16)7-15/h6,8-10,16H,3-5,7H2,1-2H3. The molecule has 1 aromatic rings. The lowest BCUT2D eigenvalue weighted by Crippen LogP contribution is -2.22. The first-order valence-electron chi connectivity index (χ1n) is 5.95. The molecule has 1 fully saturated rings. The Morgan fingerprint density at radius 1 is 1.56 bits per heavy atom. The summed E-state index contributed by atoms with van der Waals surface area (Å²) in [4.78, 5) is 10.7. The van der Waals surface area contributed by atoms with E-state index >= 15 is 0 Å². The monoisotopic (exact) mass is 221 g/mol. The minimum atomic E-state index is -0.206. The van der Waals surface area contributed by atoms with Gasteiger partial charge in [0.15, 0.2) is 0 Å². The normalized spacial score (nSPS) is 22.4. The summed E-state index contributed by atoms with van der Waals surface area (Å²) in [5, 5.41) is 9.50. The molecule has 4 nitrogen and oxygen atoms in total. The lowest BCUT2D eigenvalue weighted by molar-refractivity contribution is 0.198. The minimum absolute atomic E-state index is 0.206. The molecule has 1 N–H and O–H groups in total. The van der Waals surface area contributed by atoms with E-state index in [0.29, 0.717) is 12.5 Å². The predicted octanol–water partition coefficient (Wildman–Crippen LogP) is 1.56. The highest BCUT2D eigenvalue weighted by molar-refractivity contribution is 5.40. The Balaban J connectivity index is 2.16. The topological polar surface area (TPSA) is 49.2 Å². The Morgan fingerprint density at radius 3 is 3.00 bits per heavy atom. The lowest BCUT2D eigenvalue weighted by Gasteiger charge is -2.17. The zero-order valence-corrected chi connectivity index (χ0v) is 9.93. The van der Waals surface area contributed by atoms with Crippen LogP contribution in [0.15, 0.2) is 12.4 Å². The van der Waals surface area contributed by atoms with Crippen molar-refractivity contribution in [2.24, 2.45) is 0 Å². The van der Waals surface area contributed by atoms with Crippen LogP contribution in [0.2, 0.25) is 0 Å². The van der Waals surface area contributed by atoms with Gasteiger partial charge in [-0.3, -0.25) is 0 Å². The number of β-amino-alcohol motifs (C(OH)–C–C–N with tert-alkyl or cyclic N) is 1. The summed E-state index contributed by atoms with van der Waals surface area (Å²) >= 11 is 0. The molecule has 1 aliphatic rings. The van der Waals surface area contributed by atoms with Gasteiger partial charge in [0.05, 0.1) is 6.10 Å². The molecule has 0 bridgehead atoms. The zero-order chi connectivity index (χ0) is 11.5. The van der Waals surface area contributed by atoms with E-state index in [1.165, 1.54) is 0 Å². The SMILES string of the molecule is CCC(C)c1cc(N2CCC(O)C2)ncn1. The molecule has 0 amide bonds. The molecule has 0 saturated carbocycles. The second-order valence-corrected chi connectivity index (χ2v) is 4.50. The maximum Gasteiger partial charge on any atom is 0.132 e. The van der Waals surface area contributed by atoms with E-state index in [1.807, 2.05) is 6.07 Å². The molecule has 0 aliphatic carbocycles. The average Bonchev–Trinajstić information content (AvgIpc) is 2.75. The largest absolute Gasteiger partial charge is 0.391 e. The number of aliphatic hydroxyl groups is 1. The van der Waals surface area contributed by atoms with E-state index in [1.54, 1.807) is 6.33 Å². The number of anilines is 1. The molecule has 88 valence electrons. The Labute approximate surface area is 96.3 Å². The van der Waals surface area contributed by atoms with Crippen LogP contribution in [0.1, 0.15) is 38.3 Å². The van der Waals surface area contributed by atoms with Crippen LogP contribution in [0.5, 0.6) is 0 Å². The molecule has 2 heterocycles. The second kappa shape index (κ2) is 4.78. The van der Waals surface area contributed by atoms with Gasteiger partial charge in [0, 0.05) is 24.8 Å². The summed E-state index contributed by atoms with van der Waals surface area (Å²) in [6.07, 6.45) is 3.34. The predicted molar refractivity (Wildman–Crippen MR) is 63.6 cm³/mol. The van der Waals surface area contributed by atoms with E-state index in [9.17, 15) is 5.11 Å².